The van der Waals surface area contributed by atoms with Gasteiger partial charge < -0.3 is 0 Å². The fraction of sp³-hybridized carbons (Fsp3) is 0.211. The Bertz CT molecular complexity index is 1090. The van der Waals surface area contributed by atoms with Gasteiger partial charge in [0.1, 0.15) is 0 Å². The molecule has 0 amide bonds. The van der Waals surface area contributed by atoms with Crippen LogP contribution >= 0.6 is 0 Å². The predicted molar refractivity (Wildman–Crippen MR) is 104 cm³/mol. The highest BCUT2D eigenvalue weighted by atomic mass is 32.2. The van der Waals surface area contributed by atoms with Gasteiger partial charge in [0, 0.05) is 37.5 Å². The molecule has 0 aliphatic rings. The molecule has 0 aliphatic carbocycles. The molecule has 0 unspecified atom stereocenters. The zero-order valence-corrected chi connectivity index (χ0v) is 16.3. The van der Waals surface area contributed by atoms with E-state index in [-0.39, 0.29) is 17.1 Å². The summed E-state index contributed by atoms with van der Waals surface area (Å²) in [7, 11) is -2.44. The summed E-state index contributed by atoms with van der Waals surface area (Å²) >= 11 is 0. The largest absolute Gasteiger partial charge is 0.270 e. The lowest BCUT2D eigenvalue weighted by Crippen LogP contribution is -2.27. The first kappa shape index (κ1) is 19.7. The van der Waals surface area contributed by atoms with E-state index in [0.717, 1.165) is 17.2 Å². The van der Waals surface area contributed by atoms with Gasteiger partial charge in [-0.2, -0.15) is 9.40 Å². The van der Waals surface area contributed by atoms with Crippen molar-refractivity contribution in [3.63, 3.8) is 0 Å². The maximum absolute atomic E-state index is 12.9. The van der Waals surface area contributed by atoms with Gasteiger partial charge >= 0.3 is 0 Å². The number of non-ortho nitro benzene ring substituents is 1. The molecule has 0 aliphatic heterocycles. The molecule has 28 heavy (non-hydrogen) atoms. The van der Waals surface area contributed by atoms with Gasteiger partial charge in [0.15, 0.2) is 0 Å². The second-order valence-corrected chi connectivity index (χ2v) is 8.51. The molecule has 0 bridgehead atoms. The van der Waals surface area contributed by atoms with Gasteiger partial charge in [-0.1, -0.05) is 36.4 Å². The first-order valence-electron chi connectivity index (χ1n) is 8.54. The molecule has 0 fully saturated rings. The SMILES string of the molecule is Cc1ccc([N+](=O)[O-])cc1S(=O)(=O)N(C)Cc1cnn(Cc2ccccc2)c1. The minimum atomic E-state index is -3.88. The topological polar surface area (TPSA) is 98.3 Å². The molecule has 8 nitrogen and oxygen atoms in total. The number of hydrogen-bond donors (Lipinski definition) is 0. The average molecular weight is 400 g/mol. The molecule has 1 heterocycles. The summed E-state index contributed by atoms with van der Waals surface area (Å²) < 4.78 is 28.7. The van der Waals surface area contributed by atoms with E-state index in [2.05, 4.69) is 5.10 Å². The van der Waals surface area contributed by atoms with Gasteiger partial charge in [0.2, 0.25) is 10.0 Å². The van der Waals surface area contributed by atoms with Gasteiger partial charge in [0.05, 0.1) is 22.6 Å². The van der Waals surface area contributed by atoms with E-state index in [1.54, 1.807) is 24.0 Å². The van der Waals surface area contributed by atoms with Gasteiger partial charge in [-0.25, -0.2) is 8.42 Å². The van der Waals surface area contributed by atoms with Crippen LogP contribution in [0.1, 0.15) is 16.7 Å². The number of sulfonamides is 1. The Hall–Kier alpha value is -3.04. The number of rotatable bonds is 7. The van der Waals surface area contributed by atoms with Crippen LogP contribution in [0.2, 0.25) is 0 Å². The third-order valence-corrected chi connectivity index (χ3v) is 6.30. The van der Waals surface area contributed by atoms with Crippen molar-refractivity contribution in [2.24, 2.45) is 0 Å². The third kappa shape index (κ3) is 4.26. The Labute approximate surface area is 163 Å². The molecule has 0 saturated heterocycles. The molecule has 0 saturated carbocycles. The molecule has 0 atom stereocenters. The number of benzene rings is 2. The van der Waals surface area contributed by atoms with E-state index in [9.17, 15) is 18.5 Å². The smallest absolute Gasteiger partial charge is 0.268 e. The van der Waals surface area contributed by atoms with Gasteiger partial charge in [-0.05, 0) is 18.1 Å². The number of aromatic nitrogens is 2. The van der Waals surface area contributed by atoms with Crippen molar-refractivity contribution < 1.29 is 13.3 Å². The molecule has 3 aromatic rings. The van der Waals surface area contributed by atoms with Crippen molar-refractivity contribution in [2.75, 3.05) is 7.05 Å². The summed E-state index contributed by atoms with van der Waals surface area (Å²) in [5.74, 6) is 0. The van der Waals surface area contributed by atoms with Crippen LogP contribution in [-0.2, 0) is 23.1 Å². The Morgan fingerprint density at radius 3 is 2.54 bits per heavy atom. The molecular formula is C19H20N4O4S. The highest BCUT2D eigenvalue weighted by Gasteiger charge is 2.25. The van der Waals surface area contributed by atoms with Crippen LogP contribution in [0, 0.1) is 17.0 Å². The van der Waals surface area contributed by atoms with E-state index in [1.807, 2.05) is 30.3 Å². The predicted octanol–water partition coefficient (Wildman–Crippen LogP) is 2.97. The van der Waals surface area contributed by atoms with Crippen molar-refractivity contribution in [1.29, 1.82) is 0 Å². The molecule has 3 rings (SSSR count). The van der Waals surface area contributed by atoms with Gasteiger partial charge in [0.25, 0.3) is 5.69 Å². The van der Waals surface area contributed by atoms with Crippen LogP contribution in [0.4, 0.5) is 5.69 Å². The summed E-state index contributed by atoms with van der Waals surface area (Å²) in [4.78, 5) is 10.3. The molecule has 9 heteroatoms. The quantitative estimate of drug-likeness (QED) is 0.448. The van der Waals surface area contributed by atoms with Crippen molar-refractivity contribution in [3.05, 3.63) is 87.7 Å². The van der Waals surface area contributed by atoms with Crippen molar-refractivity contribution in [1.82, 2.24) is 14.1 Å². The maximum atomic E-state index is 12.9. The zero-order chi connectivity index (χ0) is 20.3. The summed E-state index contributed by atoms with van der Waals surface area (Å²) in [6.07, 6.45) is 3.41. The molecular weight excluding hydrogens is 380 g/mol. The monoisotopic (exact) mass is 400 g/mol. The van der Waals surface area contributed by atoms with Crippen LogP contribution in [0.5, 0.6) is 0 Å². The Morgan fingerprint density at radius 2 is 1.86 bits per heavy atom. The van der Waals surface area contributed by atoms with Gasteiger partial charge in [-0.3, -0.25) is 14.8 Å². The summed E-state index contributed by atoms with van der Waals surface area (Å²) in [6.45, 7) is 2.31. The summed E-state index contributed by atoms with van der Waals surface area (Å²) in [5.41, 5.74) is 2.01. The number of hydrogen-bond acceptors (Lipinski definition) is 5. The van der Waals surface area contributed by atoms with E-state index in [0.29, 0.717) is 12.1 Å². The lowest BCUT2D eigenvalue weighted by Gasteiger charge is -2.17. The van der Waals surface area contributed by atoms with Gasteiger partial charge in [-0.15, -0.1) is 0 Å². The van der Waals surface area contributed by atoms with Crippen LogP contribution in [0.25, 0.3) is 0 Å². The van der Waals surface area contributed by atoms with E-state index < -0.39 is 14.9 Å². The Morgan fingerprint density at radius 1 is 1.14 bits per heavy atom. The normalized spacial score (nSPS) is 11.7. The zero-order valence-electron chi connectivity index (χ0n) is 15.5. The van der Waals surface area contributed by atoms with E-state index >= 15 is 0 Å². The van der Waals surface area contributed by atoms with Crippen LogP contribution in [-0.4, -0.2) is 34.5 Å². The molecule has 146 valence electrons. The maximum Gasteiger partial charge on any atom is 0.270 e. The minimum Gasteiger partial charge on any atom is -0.268 e. The second kappa shape index (κ2) is 7.91. The fourth-order valence-corrected chi connectivity index (χ4v) is 4.23. The number of nitro benzene ring substituents is 1. The number of aryl methyl sites for hydroxylation is 1. The Balaban J connectivity index is 1.78. The molecule has 0 N–H and O–H groups in total. The summed E-state index contributed by atoms with van der Waals surface area (Å²) in [6, 6.07) is 13.6. The van der Waals surface area contributed by atoms with E-state index in [1.165, 1.54) is 23.5 Å². The standard InChI is InChI=1S/C19H20N4O4S/c1-15-8-9-18(23(24)25)10-19(15)28(26,27)21(2)12-17-11-20-22(14-17)13-16-6-4-3-5-7-16/h3-11,14H,12-13H2,1-2H3. The van der Waals surface area contributed by atoms with Crippen LogP contribution in [0.3, 0.4) is 0 Å². The summed E-state index contributed by atoms with van der Waals surface area (Å²) in [5, 5.41) is 15.3. The first-order chi connectivity index (χ1) is 13.3. The lowest BCUT2D eigenvalue weighted by atomic mass is 10.2. The number of nitrogens with zero attached hydrogens (tertiary/aromatic N) is 4. The fourth-order valence-electron chi connectivity index (χ4n) is 2.84. The van der Waals surface area contributed by atoms with Crippen LogP contribution in [0.15, 0.2) is 65.8 Å². The molecule has 2 aromatic carbocycles. The highest BCUT2D eigenvalue weighted by molar-refractivity contribution is 7.89. The van der Waals surface area contributed by atoms with Crippen molar-refractivity contribution in [3.8, 4) is 0 Å². The Kier molecular flexibility index (Phi) is 5.57. The second-order valence-electron chi connectivity index (χ2n) is 6.50. The lowest BCUT2D eigenvalue weighted by molar-refractivity contribution is -0.385. The first-order valence-corrected chi connectivity index (χ1v) is 9.98. The minimum absolute atomic E-state index is 0.0686. The van der Waals surface area contributed by atoms with E-state index in [4.69, 9.17) is 0 Å². The third-order valence-electron chi connectivity index (χ3n) is 4.35. The number of nitro groups is 1. The van der Waals surface area contributed by atoms with Crippen LogP contribution < -0.4 is 0 Å². The van der Waals surface area contributed by atoms with Crippen molar-refractivity contribution >= 4 is 15.7 Å². The molecule has 0 radical (unpaired) electrons. The highest BCUT2D eigenvalue weighted by Crippen LogP contribution is 2.25. The molecule has 0 spiro atoms. The van der Waals surface area contributed by atoms with Crippen molar-refractivity contribution in [2.45, 2.75) is 24.9 Å². The molecule has 1 aromatic heterocycles. The average Bonchev–Trinajstić information content (AvgIpc) is 3.09.